The minimum absolute atomic E-state index is 0.00312. The van der Waals surface area contributed by atoms with E-state index < -0.39 is 4.92 Å². The predicted molar refractivity (Wildman–Crippen MR) is 119 cm³/mol. The van der Waals surface area contributed by atoms with Gasteiger partial charge in [0, 0.05) is 12.1 Å². The van der Waals surface area contributed by atoms with Crippen molar-refractivity contribution >= 4 is 40.7 Å². The van der Waals surface area contributed by atoms with Crippen LogP contribution in [0.5, 0.6) is 5.75 Å². The van der Waals surface area contributed by atoms with Gasteiger partial charge in [-0.1, -0.05) is 30.3 Å². The Balaban J connectivity index is 1.49. The SMILES string of the molecule is Cc1ccccc1N1C(=O)/C(=C\c2ccc(COc3ccccc3[N+](=O)[O-])o2)NC1=S. The van der Waals surface area contributed by atoms with Crippen LogP contribution < -0.4 is 15.0 Å². The normalized spacial score (nSPS) is 14.7. The molecule has 1 amide bonds. The van der Waals surface area contributed by atoms with Crippen molar-refractivity contribution in [2.45, 2.75) is 13.5 Å². The number of hydrogen-bond acceptors (Lipinski definition) is 6. The quantitative estimate of drug-likeness (QED) is 0.266. The molecule has 1 aliphatic rings. The van der Waals surface area contributed by atoms with Gasteiger partial charge in [-0.2, -0.15) is 0 Å². The molecule has 156 valence electrons. The second kappa shape index (κ2) is 8.41. The van der Waals surface area contributed by atoms with Crippen LogP contribution in [-0.2, 0) is 11.4 Å². The lowest BCUT2D eigenvalue weighted by molar-refractivity contribution is -0.386. The Labute approximate surface area is 182 Å². The number of amides is 1. The van der Waals surface area contributed by atoms with Gasteiger partial charge in [-0.05, 0) is 49.0 Å². The third kappa shape index (κ3) is 4.17. The lowest BCUT2D eigenvalue weighted by atomic mass is 10.2. The molecule has 4 rings (SSSR count). The number of nitro benzene ring substituents is 1. The van der Waals surface area contributed by atoms with Crippen molar-refractivity contribution < 1.29 is 18.9 Å². The topological polar surface area (TPSA) is 97.9 Å². The molecule has 0 spiro atoms. The van der Waals surface area contributed by atoms with Crippen molar-refractivity contribution in [2.24, 2.45) is 0 Å². The number of anilines is 1. The summed E-state index contributed by atoms with van der Waals surface area (Å²) in [5, 5.41) is 14.3. The summed E-state index contributed by atoms with van der Waals surface area (Å²) in [4.78, 5) is 24.9. The molecule has 8 nitrogen and oxygen atoms in total. The number of aryl methyl sites for hydroxylation is 1. The first-order chi connectivity index (χ1) is 14.9. The second-order valence-corrected chi connectivity index (χ2v) is 7.12. The van der Waals surface area contributed by atoms with Crippen molar-refractivity contribution in [3.05, 3.63) is 93.6 Å². The molecule has 0 aliphatic carbocycles. The first-order valence-electron chi connectivity index (χ1n) is 9.32. The van der Waals surface area contributed by atoms with Crippen LogP contribution in [0, 0.1) is 17.0 Å². The maximum absolute atomic E-state index is 12.9. The number of para-hydroxylation sites is 3. The van der Waals surface area contributed by atoms with E-state index in [0.29, 0.717) is 17.2 Å². The molecule has 9 heteroatoms. The number of nitrogens with one attached hydrogen (secondary N) is 1. The fourth-order valence-electron chi connectivity index (χ4n) is 3.14. The van der Waals surface area contributed by atoms with Crippen LogP contribution in [0.2, 0.25) is 0 Å². The van der Waals surface area contributed by atoms with Crippen molar-refractivity contribution in [1.29, 1.82) is 0 Å². The number of nitrogens with zero attached hydrogens (tertiary/aromatic N) is 2. The molecule has 0 unspecified atom stereocenters. The number of benzene rings is 2. The Morgan fingerprint density at radius 3 is 2.68 bits per heavy atom. The monoisotopic (exact) mass is 435 g/mol. The minimum atomic E-state index is -0.506. The summed E-state index contributed by atoms with van der Waals surface area (Å²) in [6, 6.07) is 16.9. The summed E-state index contributed by atoms with van der Waals surface area (Å²) < 4.78 is 11.2. The number of nitro groups is 1. The van der Waals surface area contributed by atoms with Gasteiger partial charge in [-0.3, -0.25) is 19.8 Å². The lowest BCUT2D eigenvalue weighted by Crippen LogP contribution is -2.30. The van der Waals surface area contributed by atoms with E-state index in [1.807, 2.05) is 31.2 Å². The highest BCUT2D eigenvalue weighted by Gasteiger charge is 2.32. The maximum Gasteiger partial charge on any atom is 0.310 e. The zero-order valence-electron chi connectivity index (χ0n) is 16.4. The van der Waals surface area contributed by atoms with Gasteiger partial charge in [0.05, 0.1) is 10.6 Å². The third-order valence-electron chi connectivity index (χ3n) is 4.64. The van der Waals surface area contributed by atoms with Crippen molar-refractivity contribution in [1.82, 2.24) is 5.32 Å². The first-order valence-corrected chi connectivity index (χ1v) is 9.72. The number of thiocarbonyl (C=S) groups is 1. The number of carbonyl (C=O) groups is 1. The highest BCUT2D eigenvalue weighted by atomic mass is 32.1. The fourth-order valence-corrected chi connectivity index (χ4v) is 3.43. The Kier molecular flexibility index (Phi) is 5.50. The van der Waals surface area contributed by atoms with Gasteiger partial charge in [-0.15, -0.1) is 0 Å². The maximum atomic E-state index is 12.9. The van der Waals surface area contributed by atoms with Crippen LogP contribution in [0.15, 0.2) is 70.8 Å². The van der Waals surface area contributed by atoms with Crippen LogP contribution in [0.25, 0.3) is 6.08 Å². The summed E-state index contributed by atoms with van der Waals surface area (Å²) in [5.74, 6) is 0.740. The molecule has 0 radical (unpaired) electrons. The van der Waals surface area contributed by atoms with Gasteiger partial charge < -0.3 is 14.5 Å². The highest BCUT2D eigenvalue weighted by molar-refractivity contribution is 7.80. The summed E-state index contributed by atoms with van der Waals surface area (Å²) in [6.45, 7) is 1.91. The van der Waals surface area contributed by atoms with E-state index in [4.69, 9.17) is 21.4 Å². The van der Waals surface area contributed by atoms with Gasteiger partial charge in [0.2, 0.25) is 0 Å². The van der Waals surface area contributed by atoms with E-state index in [2.05, 4.69) is 5.32 Å². The fraction of sp³-hybridized carbons (Fsp3) is 0.0909. The number of hydrogen-bond donors (Lipinski definition) is 1. The van der Waals surface area contributed by atoms with Gasteiger partial charge in [-0.25, -0.2) is 0 Å². The number of rotatable bonds is 6. The number of ether oxygens (including phenoxy) is 1. The molecule has 1 aliphatic heterocycles. The Hall–Kier alpha value is -3.98. The molecule has 1 fully saturated rings. The Morgan fingerprint density at radius 1 is 1.16 bits per heavy atom. The predicted octanol–water partition coefficient (Wildman–Crippen LogP) is 4.34. The molecule has 1 saturated heterocycles. The van der Waals surface area contributed by atoms with Gasteiger partial charge >= 0.3 is 5.69 Å². The largest absolute Gasteiger partial charge is 0.479 e. The van der Waals surface area contributed by atoms with E-state index in [0.717, 1.165) is 5.56 Å². The third-order valence-corrected chi connectivity index (χ3v) is 4.92. The number of furan rings is 1. The lowest BCUT2D eigenvalue weighted by Gasteiger charge is -2.16. The average Bonchev–Trinajstić information content (AvgIpc) is 3.31. The van der Waals surface area contributed by atoms with E-state index in [1.165, 1.54) is 17.0 Å². The smallest absolute Gasteiger partial charge is 0.310 e. The minimum Gasteiger partial charge on any atom is -0.479 e. The molecule has 1 N–H and O–H groups in total. The molecule has 0 bridgehead atoms. The summed E-state index contributed by atoms with van der Waals surface area (Å²) in [5.41, 5.74) is 1.80. The standard InChI is InChI=1S/C22H17N3O5S/c1-14-6-2-3-7-18(14)24-21(26)17(23-22(24)31)12-15-10-11-16(30-15)13-29-20-9-5-4-8-19(20)25(27)28/h2-12H,13H2,1H3,(H,23,31)/b17-12+. The van der Waals surface area contributed by atoms with E-state index in [1.54, 1.807) is 30.3 Å². The highest BCUT2D eigenvalue weighted by Crippen LogP contribution is 2.28. The van der Waals surface area contributed by atoms with Crippen molar-refractivity contribution in [3.8, 4) is 5.75 Å². The zero-order chi connectivity index (χ0) is 22.0. The molecule has 0 saturated carbocycles. The van der Waals surface area contributed by atoms with E-state index >= 15 is 0 Å². The van der Waals surface area contributed by atoms with Gasteiger partial charge in [0.15, 0.2) is 10.9 Å². The first kappa shape index (κ1) is 20.3. The van der Waals surface area contributed by atoms with Crippen molar-refractivity contribution in [2.75, 3.05) is 4.90 Å². The molecule has 0 atom stereocenters. The molecular formula is C22H17N3O5S. The van der Waals surface area contributed by atoms with E-state index in [-0.39, 0.29) is 34.8 Å². The molecule has 3 aromatic rings. The zero-order valence-corrected chi connectivity index (χ0v) is 17.2. The second-order valence-electron chi connectivity index (χ2n) is 6.73. The number of carbonyl (C=O) groups excluding carboxylic acids is 1. The molecule has 31 heavy (non-hydrogen) atoms. The van der Waals surface area contributed by atoms with Crippen LogP contribution in [-0.4, -0.2) is 15.9 Å². The van der Waals surface area contributed by atoms with Crippen LogP contribution in [0.4, 0.5) is 11.4 Å². The van der Waals surface area contributed by atoms with Crippen LogP contribution in [0.3, 0.4) is 0 Å². The Morgan fingerprint density at radius 2 is 1.90 bits per heavy atom. The Bertz CT molecular complexity index is 1220. The molecule has 2 aromatic carbocycles. The molecule has 1 aromatic heterocycles. The van der Waals surface area contributed by atoms with Crippen LogP contribution >= 0.6 is 12.2 Å². The van der Waals surface area contributed by atoms with Crippen molar-refractivity contribution in [3.63, 3.8) is 0 Å². The summed E-state index contributed by atoms with van der Waals surface area (Å²) >= 11 is 5.33. The van der Waals surface area contributed by atoms with Gasteiger partial charge in [0.25, 0.3) is 5.91 Å². The molecule has 2 heterocycles. The van der Waals surface area contributed by atoms with Gasteiger partial charge in [0.1, 0.15) is 23.8 Å². The summed E-state index contributed by atoms with van der Waals surface area (Å²) in [6.07, 6.45) is 1.56. The molecular weight excluding hydrogens is 418 g/mol. The average molecular weight is 435 g/mol. The summed E-state index contributed by atoms with van der Waals surface area (Å²) in [7, 11) is 0. The van der Waals surface area contributed by atoms with E-state index in [9.17, 15) is 14.9 Å². The van der Waals surface area contributed by atoms with Crippen LogP contribution in [0.1, 0.15) is 17.1 Å².